The maximum atomic E-state index is 12.7. The third-order valence-corrected chi connectivity index (χ3v) is 4.90. The summed E-state index contributed by atoms with van der Waals surface area (Å²) in [6, 6.07) is 12.6. The average molecular weight is 415 g/mol. The van der Waals surface area contributed by atoms with Gasteiger partial charge in [-0.1, -0.05) is 23.2 Å². The van der Waals surface area contributed by atoms with Crippen LogP contribution in [0.15, 0.2) is 60.7 Å². The predicted molar refractivity (Wildman–Crippen MR) is 104 cm³/mol. The normalized spacial score (nSPS) is 18.0. The van der Waals surface area contributed by atoms with Gasteiger partial charge in [0.2, 0.25) is 0 Å². The number of amides is 4. The van der Waals surface area contributed by atoms with E-state index in [9.17, 15) is 14.4 Å². The molecule has 8 heteroatoms. The summed E-state index contributed by atoms with van der Waals surface area (Å²) in [5.41, 5.74) is -0.516. The Bertz CT molecular complexity index is 973. The van der Waals surface area contributed by atoms with Crippen molar-refractivity contribution in [1.82, 2.24) is 10.6 Å². The van der Waals surface area contributed by atoms with Crippen LogP contribution in [0.3, 0.4) is 0 Å². The lowest BCUT2D eigenvalue weighted by molar-refractivity contribution is -0.138. The molecular weight excluding hydrogens is 403 g/mol. The third-order valence-electron chi connectivity index (χ3n) is 4.40. The molecule has 0 bridgehead atoms. The number of carbonyl (C=O) groups is 3. The van der Waals surface area contributed by atoms with Gasteiger partial charge in [0, 0.05) is 21.2 Å². The lowest BCUT2D eigenvalue weighted by Crippen LogP contribution is -2.61. The number of hydrogen-bond donors (Lipinski definition) is 2. The Morgan fingerprint density at radius 1 is 0.679 bits per heavy atom. The molecule has 0 aliphatic carbocycles. The molecule has 28 heavy (non-hydrogen) atoms. The van der Waals surface area contributed by atoms with E-state index in [1.165, 1.54) is 12.2 Å². The SMILES string of the molecule is O=C1NC(=O)C2(C=C(c3ccc(Cl)cc3)OC(c3ccc(Cl)cc3)=C2)C(=O)N1. The number of hydrogen-bond acceptors (Lipinski definition) is 4. The minimum absolute atomic E-state index is 0.281. The predicted octanol–water partition coefficient (Wildman–Crippen LogP) is 3.76. The van der Waals surface area contributed by atoms with Gasteiger partial charge in [0.1, 0.15) is 11.5 Å². The number of nitrogens with one attached hydrogen (secondary N) is 2. The largest absolute Gasteiger partial charge is 0.457 e. The Morgan fingerprint density at radius 3 is 1.46 bits per heavy atom. The molecule has 1 saturated heterocycles. The van der Waals surface area contributed by atoms with E-state index in [-0.39, 0.29) is 11.5 Å². The lowest BCUT2D eigenvalue weighted by atomic mass is 9.80. The number of barbiturate groups is 1. The van der Waals surface area contributed by atoms with Crippen molar-refractivity contribution in [3.8, 4) is 0 Å². The van der Waals surface area contributed by atoms with Gasteiger partial charge >= 0.3 is 6.03 Å². The minimum Gasteiger partial charge on any atom is -0.457 e. The average Bonchev–Trinajstić information content (AvgIpc) is 2.67. The van der Waals surface area contributed by atoms with Crippen LogP contribution in [0.5, 0.6) is 0 Å². The summed E-state index contributed by atoms with van der Waals surface area (Å²) in [7, 11) is 0. The summed E-state index contributed by atoms with van der Waals surface area (Å²) in [5, 5.41) is 5.33. The highest BCUT2D eigenvalue weighted by atomic mass is 35.5. The van der Waals surface area contributed by atoms with E-state index >= 15 is 0 Å². The Labute approximate surface area is 169 Å². The van der Waals surface area contributed by atoms with E-state index in [0.29, 0.717) is 21.2 Å². The number of rotatable bonds is 2. The molecule has 2 heterocycles. The van der Waals surface area contributed by atoms with Crippen LogP contribution in [-0.2, 0) is 14.3 Å². The van der Waals surface area contributed by atoms with Gasteiger partial charge in [-0.05, 0) is 60.7 Å². The minimum atomic E-state index is -1.74. The van der Waals surface area contributed by atoms with Crippen molar-refractivity contribution in [3.63, 3.8) is 0 Å². The molecule has 1 spiro atoms. The summed E-state index contributed by atoms with van der Waals surface area (Å²) >= 11 is 11.9. The molecule has 0 radical (unpaired) electrons. The van der Waals surface area contributed by atoms with Gasteiger partial charge in [-0.3, -0.25) is 20.2 Å². The van der Waals surface area contributed by atoms with E-state index in [1.54, 1.807) is 48.5 Å². The fraction of sp³-hybridized carbons (Fsp3) is 0.0500. The van der Waals surface area contributed by atoms with Gasteiger partial charge < -0.3 is 4.74 Å². The van der Waals surface area contributed by atoms with Crippen LogP contribution >= 0.6 is 23.2 Å². The van der Waals surface area contributed by atoms with Crippen molar-refractivity contribution in [1.29, 1.82) is 0 Å². The monoisotopic (exact) mass is 414 g/mol. The molecule has 0 atom stereocenters. The topological polar surface area (TPSA) is 84.5 Å². The van der Waals surface area contributed by atoms with Crippen LogP contribution in [0.4, 0.5) is 4.79 Å². The van der Waals surface area contributed by atoms with Gasteiger partial charge in [-0.2, -0.15) is 0 Å². The van der Waals surface area contributed by atoms with E-state index in [4.69, 9.17) is 27.9 Å². The first-order chi connectivity index (χ1) is 13.4. The first-order valence-corrected chi connectivity index (χ1v) is 8.95. The smallest absolute Gasteiger partial charge is 0.328 e. The molecule has 2 aromatic carbocycles. The first kappa shape index (κ1) is 18.3. The zero-order chi connectivity index (χ0) is 19.9. The molecule has 4 rings (SSSR count). The van der Waals surface area contributed by atoms with Crippen molar-refractivity contribution in [2.75, 3.05) is 0 Å². The molecule has 140 valence electrons. The van der Waals surface area contributed by atoms with Crippen molar-refractivity contribution >= 4 is 52.6 Å². The molecule has 2 aromatic rings. The van der Waals surface area contributed by atoms with E-state index in [1.807, 2.05) is 0 Å². The highest BCUT2D eigenvalue weighted by molar-refractivity contribution is 6.31. The molecule has 1 fully saturated rings. The number of carbonyl (C=O) groups excluding carboxylic acids is 3. The van der Waals surface area contributed by atoms with Crippen molar-refractivity contribution in [2.24, 2.45) is 5.41 Å². The second-order valence-electron chi connectivity index (χ2n) is 6.24. The van der Waals surface area contributed by atoms with E-state index in [2.05, 4.69) is 10.6 Å². The fourth-order valence-corrected chi connectivity index (χ4v) is 3.21. The molecule has 0 unspecified atom stereocenters. The van der Waals surface area contributed by atoms with Crippen LogP contribution in [0.2, 0.25) is 10.0 Å². The van der Waals surface area contributed by atoms with Gasteiger partial charge in [0.05, 0.1) is 0 Å². The highest BCUT2D eigenvalue weighted by Crippen LogP contribution is 2.40. The van der Waals surface area contributed by atoms with Gasteiger partial charge in [-0.25, -0.2) is 4.79 Å². The third kappa shape index (κ3) is 3.17. The number of imide groups is 2. The number of ether oxygens (including phenoxy) is 1. The van der Waals surface area contributed by atoms with Gasteiger partial charge in [-0.15, -0.1) is 0 Å². The number of benzene rings is 2. The quantitative estimate of drug-likeness (QED) is 0.732. The van der Waals surface area contributed by atoms with Crippen molar-refractivity contribution in [2.45, 2.75) is 0 Å². The molecule has 0 saturated carbocycles. The maximum absolute atomic E-state index is 12.7. The van der Waals surface area contributed by atoms with Crippen LogP contribution < -0.4 is 10.6 Å². The molecule has 2 aliphatic heterocycles. The highest BCUT2D eigenvalue weighted by Gasteiger charge is 2.50. The molecule has 2 N–H and O–H groups in total. The summed E-state index contributed by atoms with van der Waals surface area (Å²) in [6.07, 6.45) is 2.76. The van der Waals surface area contributed by atoms with Crippen LogP contribution in [-0.4, -0.2) is 17.8 Å². The summed E-state index contributed by atoms with van der Waals surface area (Å²) in [5.74, 6) is -0.961. The molecule has 4 amide bonds. The Hall–Kier alpha value is -3.09. The summed E-state index contributed by atoms with van der Waals surface area (Å²) < 4.78 is 5.98. The zero-order valence-electron chi connectivity index (χ0n) is 14.2. The standard InChI is InChI=1S/C20H12Cl2N2O4/c21-13-5-1-11(2-6-13)15-9-20(17(25)23-19(27)24-18(20)26)10-16(28-15)12-3-7-14(22)8-4-12/h1-10H,(H2,23,24,25,26,27). The van der Waals surface area contributed by atoms with Crippen molar-refractivity contribution < 1.29 is 19.1 Å². The van der Waals surface area contributed by atoms with Gasteiger partial charge in [0.25, 0.3) is 11.8 Å². The summed E-state index contributed by atoms with van der Waals surface area (Å²) in [6.45, 7) is 0. The van der Waals surface area contributed by atoms with Crippen LogP contribution in [0.25, 0.3) is 11.5 Å². The van der Waals surface area contributed by atoms with Crippen LogP contribution in [0.1, 0.15) is 11.1 Å². The molecule has 6 nitrogen and oxygen atoms in total. The Balaban J connectivity index is 1.87. The number of halogens is 2. The van der Waals surface area contributed by atoms with Gasteiger partial charge in [0.15, 0.2) is 5.41 Å². The zero-order valence-corrected chi connectivity index (χ0v) is 15.7. The second kappa shape index (κ2) is 6.82. The van der Waals surface area contributed by atoms with Crippen LogP contribution in [0, 0.1) is 5.41 Å². The molecule has 2 aliphatic rings. The van der Waals surface area contributed by atoms with Crippen molar-refractivity contribution in [3.05, 3.63) is 81.9 Å². The van der Waals surface area contributed by atoms with E-state index < -0.39 is 23.3 Å². The molecule has 0 aromatic heterocycles. The lowest BCUT2D eigenvalue weighted by Gasteiger charge is -2.33. The fourth-order valence-electron chi connectivity index (χ4n) is 2.96. The Morgan fingerprint density at radius 2 is 1.07 bits per heavy atom. The first-order valence-electron chi connectivity index (χ1n) is 8.20. The summed E-state index contributed by atoms with van der Waals surface area (Å²) in [4.78, 5) is 36.9. The second-order valence-corrected chi connectivity index (χ2v) is 7.11. The number of urea groups is 1. The van der Waals surface area contributed by atoms with E-state index in [0.717, 1.165) is 0 Å². The maximum Gasteiger partial charge on any atom is 0.328 e. The Kier molecular flexibility index (Phi) is 4.45. The molecular formula is C20H12Cl2N2O4.